The predicted octanol–water partition coefficient (Wildman–Crippen LogP) is 0.966. The molecule has 2 heterocycles. The number of hydrogen-bond donors (Lipinski definition) is 1. The number of benzene rings is 1. The molecule has 1 fully saturated rings. The second-order valence-electron chi connectivity index (χ2n) is 6.16. The van der Waals surface area contributed by atoms with Gasteiger partial charge in [-0.15, -0.1) is 0 Å². The minimum Gasteiger partial charge on any atom is -0.496 e. The van der Waals surface area contributed by atoms with E-state index in [0.717, 1.165) is 43.3 Å². The van der Waals surface area contributed by atoms with Gasteiger partial charge in [0.15, 0.2) is 0 Å². The highest BCUT2D eigenvalue weighted by molar-refractivity contribution is 5.78. The fourth-order valence-electron chi connectivity index (χ4n) is 3.05. The number of carbonyl (C=O) groups excluding carboxylic acids is 1. The third-order valence-electron chi connectivity index (χ3n) is 4.51. The van der Waals surface area contributed by atoms with Crippen molar-refractivity contribution in [2.45, 2.75) is 6.42 Å². The lowest BCUT2D eigenvalue weighted by Crippen LogP contribution is -2.51. The molecule has 138 valence electrons. The van der Waals surface area contributed by atoms with Crippen LogP contribution in [0.1, 0.15) is 5.56 Å². The van der Waals surface area contributed by atoms with E-state index >= 15 is 0 Å². The molecule has 0 spiro atoms. The number of rotatable bonds is 7. The summed E-state index contributed by atoms with van der Waals surface area (Å²) in [5.74, 6) is 1.76. The molecule has 7 heteroatoms. The Morgan fingerprint density at radius 3 is 2.58 bits per heavy atom. The molecule has 26 heavy (non-hydrogen) atoms. The van der Waals surface area contributed by atoms with E-state index in [4.69, 9.17) is 4.74 Å². The molecular weight excluding hydrogens is 330 g/mol. The lowest BCUT2D eigenvalue weighted by molar-refractivity contribution is -0.130. The van der Waals surface area contributed by atoms with E-state index in [1.165, 1.54) is 0 Å². The van der Waals surface area contributed by atoms with Gasteiger partial charge in [-0.3, -0.25) is 4.79 Å². The molecule has 1 amide bonds. The van der Waals surface area contributed by atoms with Crippen LogP contribution < -0.4 is 15.0 Å². The van der Waals surface area contributed by atoms with Gasteiger partial charge >= 0.3 is 0 Å². The lowest BCUT2D eigenvalue weighted by Gasteiger charge is -2.34. The number of nitrogens with zero attached hydrogens (tertiary/aromatic N) is 4. The first kappa shape index (κ1) is 18.1. The van der Waals surface area contributed by atoms with Crippen molar-refractivity contribution in [3.05, 3.63) is 48.3 Å². The van der Waals surface area contributed by atoms with Gasteiger partial charge in [-0.1, -0.05) is 18.2 Å². The second kappa shape index (κ2) is 9.15. The number of nitrogens with one attached hydrogen (secondary N) is 1. The van der Waals surface area contributed by atoms with Gasteiger partial charge in [0.05, 0.1) is 13.7 Å². The quantitative estimate of drug-likeness (QED) is 0.746. The highest BCUT2D eigenvalue weighted by Crippen LogP contribution is 2.17. The zero-order chi connectivity index (χ0) is 18.2. The molecular formula is C19H25N5O2. The van der Waals surface area contributed by atoms with Gasteiger partial charge in [-0.2, -0.15) is 0 Å². The number of anilines is 1. The third-order valence-corrected chi connectivity index (χ3v) is 4.51. The summed E-state index contributed by atoms with van der Waals surface area (Å²) in [6.07, 6.45) is 4.31. The summed E-state index contributed by atoms with van der Waals surface area (Å²) < 4.78 is 5.35. The maximum absolute atomic E-state index is 12.4. The average molecular weight is 355 g/mol. The van der Waals surface area contributed by atoms with Crippen LogP contribution in [0.2, 0.25) is 0 Å². The average Bonchev–Trinajstić information content (AvgIpc) is 2.72. The van der Waals surface area contributed by atoms with E-state index in [9.17, 15) is 4.79 Å². The Kier molecular flexibility index (Phi) is 6.38. The molecule has 1 aromatic heterocycles. The topological polar surface area (TPSA) is 70.6 Å². The summed E-state index contributed by atoms with van der Waals surface area (Å²) in [7, 11) is 1.68. The number of ether oxygens (including phenoxy) is 1. The molecule has 2 aromatic rings. The lowest BCUT2D eigenvalue weighted by atomic mass is 10.1. The van der Waals surface area contributed by atoms with Crippen LogP contribution in [0.15, 0.2) is 42.7 Å². The van der Waals surface area contributed by atoms with Crippen LogP contribution >= 0.6 is 0 Å². The zero-order valence-electron chi connectivity index (χ0n) is 15.1. The number of piperazine rings is 1. The van der Waals surface area contributed by atoms with Crippen molar-refractivity contribution in [1.82, 2.24) is 20.2 Å². The van der Waals surface area contributed by atoms with Crippen LogP contribution in [0, 0.1) is 0 Å². The smallest absolute Gasteiger partial charge is 0.236 e. The summed E-state index contributed by atoms with van der Waals surface area (Å²) in [5.41, 5.74) is 1.14. The van der Waals surface area contributed by atoms with Gasteiger partial charge in [-0.05, 0) is 30.7 Å². The number of amides is 1. The normalized spacial score (nSPS) is 14.3. The second-order valence-corrected chi connectivity index (χ2v) is 6.16. The number of para-hydroxylation sites is 1. The number of carbonyl (C=O) groups is 1. The van der Waals surface area contributed by atoms with Crippen molar-refractivity contribution in [2.75, 3.05) is 51.3 Å². The van der Waals surface area contributed by atoms with Crippen LogP contribution in [-0.2, 0) is 11.2 Å². The standard InChI is InChI=1S/C19H25N5O2/c1-26-17-6-3-2-5-16(17)7-10-20-15-18(25)23-11-13-24(14-12-23)19-21-8-4-9-22-19/h2-6,8-9,20H,7,10-15H2,1H3. The molecule has 1 saturated heterocycles. The van der Waals surface area contributed by atoms with Gasteiger partial charge in [0, 0.05) is 38.6 Å². The monoisotopic (exact) mass is 355 g/mol. The van der Waals surface area contributed by atoms with Gasteiger partial charge in [0.1, 0.15) is 5.75 Å². The van der Waals surface area contributed by atoms with E-state index in [-0.39, 0.29) is 5.91 Å². The van der Waals surface area contributed by atoms with Crippen molar-refractivity contribution in [3.8, 4) is 5.75 Å². The number of hydrogen-bond acceptors (Lipinski definition) is 6. The Balaban J connectivity index is 1.38. The first-order valence-electron chi connectivity index (χ1n) is 8.90. The van der Waals surface area contributed by atoms with Gasteiger partial charge in [0.2, 0.25) is 11.9 Å². The summed E-state index contributed by atoms with van der Waals surface area (Å²) in [6.45, 7) is 4.02. The molecule has 1 aliphatic rings. The fraction of sp³-hybridized carbons (Fsp3) is 0.421. The molecule has 0 unspecified atom stereocenters. The van der Waals surface area contributed by atoms with Crippen LogP contribution in [0.5, 0.6) is 5.75 Å². The first-order valence-corrected chi connectivity index (χ1v) is 8.90. The van der Waals surface area contributed by atoms with Crippen LogP contribution in [0.3, 0.4) is 0 Å². The van der Waals surface area contributed by atoms with Crippen LogP contribution in [0.4, 0.5) is 5.95 Å². The molecule has 0 atom stereocenters. The summed E-state index contributed by atoms with van der Waals surface area (Å²) in [4.78, 5) is 24.9. The summed E-state index contributed by atoms with van der Waals surface area (Å²) >= 11 is 0. The Morgan fingerprint density at radius 2 is 1.85 bits per heavy atom. The van der Waals surface area contributed by atoms with Crippen molar-refractivity contribution >= 4 is 11.9 Å². The van der Waals surface area contributed by atoms with Crippen molar-refractivity contribution in [2.24, 2.45) is 0 Å². The van der Waals surface area contributed by atoms with Crippen LogP contribution in [-0.4, -0.2) is 67.2 Å². The van der Waals surface area contributed by atoms with E-state index in [0.29, 0.717) is 19.6 Å². The van der Waals surface area contributed by atoms with Gasteiger partial charge < -0.3 is 19.9 Å². The molecule has 0 saturated carbocycles. The van der Waals surface area contributed by atoms with Crippen molar-refractivity contribution in [1.29, 1.82) is 0 Å². The first-order chi connectivity index (χ1) is 12.8. The summed E-state index contributed by atoms with van der Waals surface area (Å²) in [5, 5.41) is 3.24. The SMILES string of the molecule is COc1ccccc1CCNCC(=O)N1CCN(c2ncccn2)CC1. The number of methoxy groups -OCH3 is 1. The van der Waals surface area contributed by atoms with Crippen molar-refractivity contribution < 1.29 is 9.53 Å². The minimum absolute atomic E-state index is 0.138. The van der Waals surface area contributed by atoms with E-state index in [1.54, 1.807) is 25.6 Å². The Morgan fingerprint density at radius 1 is 1.12 bits per heavy atom. The Labute approximate surface area is 154 Å². The third kappa shape index (κ3) is 4.70. The molecule has 1 aliphatic heterocycles. The van der Waals surface area contributed by atoms with Crippen molar-refractivity contribution in [3.63, 3.8) is 0 Å². The fourth-order valence-corrected chi connectivity index (χ4v) is 3.05. The largest absolute Gasteiger partial charge is 0.496 e. The zero-order valence-corrected chi connectivity index (χ0v) is 15.1. The van der Waals surface area contributed by atoms with Crippen LogP contribution in [0.25, 0.3) is 0 Å². The summed E-state index contributed by atoms with van der Waals surface area (Å²) in [6, 6.07) is 9.77. The Bertz CT molecular complexity index is 702. The van der Waals surface area contributed by atoms with Gasteiger partial charge in [0.25, 0.3) is 0 Å². The molecule has 7 nitrogen and oxygen atoms in total. The molecule has 1 aromatic carbocycles. The maximum atomic E-state index is 12.4. The number of aromatic nitrogens is 2. The highest BCUT2D eigenvalue weighted by atomic mass is 16.5. The van der Waals surface area contributed by atoms with E-state index < -0.39 is 0 Å². The maximum Gasteiger partial charge on any atom is 0.236 e. The van der Waals surface area contributed by atoms with Gasteiger partial charge in [-0.25, -0.2) is 9.97 Å². The molecule has 1 N–H and O–H groups in total. The minimum atomic E-state index is 0.138. The molecule has 0 bridgehead atoms. The molecule has 0 radical (unpaired) electrons. The Hall–Kier alpha value is -2.67. The van der Waals surface area contributed by atoms with E-state index in [1.807, 2.05) is 29.2 Å². The molecule has 3 rings (SSSR count). The van der Waals surface area contributed by atoms with E-state index in [2.05, 4.69) is 20.2 Å². The molecule has 0 aliphatic carbocycles. The predicted molar refractivity (Wildman–Crippen MR) is 100 cm³/mol. The highest BCUT2D eigenvalue weighted by Gasteiger charge is 2.21.